The summed E-state index contributed by atoms with van der Waals surface area (Å²) in [5.41, 5.74) is -1.43. The van der Waals surface area contributed by atoms with Crippen LogP contribution in [0.4, 0.5) is 4.39 Å². The lowest BCUT2D eigenvalue weighted by atomic mass is 9.72. The maximum atomic E-state index is 16.0. The van der Waals surface area contributed by atoms with Crippen LogP contribution in [0.1, 0.15) is 126 Å². The van der Waals surface area contributed by atoms with Gasteiger partial charge in [-0.15, -0.1) is 0 Å². The third-order valence-electron chi connectivity index (χ3n) is 8.77. The van der Waals surface area contributed by atoms with Gasteiger partial charge in [-0.2, -0.15) is 0 Å². The first-order chi connectivity index (χ1) is 21.7. The fourth-order valence-corrected chi connectivity index (χ4v) is 5.94. The van der Waals surface area contributed by atoms with Gasteiger partial charge < -0.3 is 14.6 Å². The quantitative estimate of drug-likeness (QED) is 0.0772. The lowest BCUT2D eigenvalue weighted by Crippen LogP contribution is -2.38. The second-order valence-electron chi connectivity index (χ2n) is 12.1. The molecule has 1 aliphatic rings. The van der Waals surface area contributed by atoms with E-state index in [1.807, 2.05) is 6.92 Å². The molecule has 0 bridgehead atoms. The van der Waals surface area contributed by atoms with Crippen LogP contribution in [-0.2, 0) is 19.7 Å². The zero-order chi connectivity index (χ0) is 32.8. The first-order valence-electron chi connectivity index (χ1n) is 16.6. The smallest absolute Gasteiger partial charge is 0.338 e. The van der Waals surface area contributed by atoms with E-state index in [9.17, 15) is 19.5 Å². The Morgan fingerprint density at radius 3 is 2.18 bits per heavy atom. The normalized spacial score (nSPS) is 18.4. The molecule has 7 heteroatoms. The summed E-state index contributed by atoms with van der Waals surface area (Å²) in [6.07, 6.45) is 14.6. The van der Waals surface area contributed by atoms with E-state index in [-0.39, 0.29) is 23.2 Å². The third-order valence-corrected chi connectivity index (χ3v) is 8.77. The van der Waals surface area contributed by atoms with Gasteiger partial charge >= 0.3 is 17.9 Å². The minimum absolute atomic E-state index is 0.0175. The molecule has 0 amide bonds. The standard InChI is InChI=1S/C38H49FO6/c1-5-8-9-10-11-12-13-18-35(40)45-31-21-19-29(20-22-31)30-23-24-38(37(42)43,34(39)26-30)33-17-15-14-16-32(33)36(41)44-27(4)25-28(6-2)7-3/h14-17,19-24,26-28,30H,5-13,18,25H2,1-4H3,(H,42,43). The number of hydrogen-bond donors (Lipinski definition) is 1. The van der Waals surface area contributed by atoms with Gasteiger partial charge in [-0.3, -0.25) is 9.59 Å². The Labute approximate surface area is 267 Å². The number of allylic oxidation sites excluding steroid dienone is 2. The number of benzene rings is 2. The van der Waals surface area contributed by atoms with Gasteiger partial charge in [0.25, 0.3) is 0 Å². The van der Waals surface area contributed by atoms with E-state index in [1.165, 1.54) is 50.0 Å². The van der Waals surface area contributed by atoms with Crippen LogP contribution in [0.3, 0.4) is 0 Å². The molecule has 45 heavy (non-hydrogen) atoms. The van der Waals surface area contributed by atoms with Crippen LogP contribution < -0.4 is 4.74 Å². The SMILES string of the molecule is CCCCCCCCCC(=O)Oc1ccc(C2C=CC(C(=O)O)(c3ccccc3C(=O)OC(C)CC(CC)CC)C(F)=C2)cc1. The summed E-state index contributed by atoms with van der Waals surface area (Å²) in [4.78, 5) is 38.2. The predicted molar refractivity (Wildman–Crippen MR) is 175 cm³/mol. The summed E-state index contributed by atoms with van der Waals surface area (Å²) in [5.74, 6) is -3.02. The van der Waals surface area contributed by atoms with Gasteiger partial charge in [0.1, 0.15) is 11.6 Å². The maximum absolute atomic E-state index is 16.0. The molecule has 2 aromatic rings. The van der Waals surface area contributed by atoms with Crippen LogP contribution in [0.5, 0.6) is 5.75 Å². The number of carboxylic acid groups (broad SMARTS) is 1. The summed E-state index contributed by atoms with van der Waals surface area (Å²) in [7, 11) is 0. The molecule has 1 aliphatic carbocycles. The fraction of sp³-hybridized carbons (Fsp3) is 0.500. The highest BCUT2D eigenvalue weighted by Gasteiger charge is 2.47. The predicted octanol–water partition coefficient (Wildman–Crippen LogP) is 9.63. The number of unbranched alkanes of at least 4 members (excludes halogenated alkanes) is 6. The Bertz CT molecular complexity index is 1330. The molecule has 2 aromatic carbocycles. The van der Waals surface area contributed by atoms with Gasteiger partial charge in [-0.1, -0.05) is 115 Å². The van der Waals surface area contributed by atoms with Crippen molar-refractivity contribution in [3.05, 3.63) is 89.3 Å². The number of carbonyl (C=O) groups excluding carboxylic acids is 2. The molecule has 0 aliphatic heterocycles. The summed E-state index contributed by atoms with van der Waals surface area (Å²) in [6.45, 7) is 8.19. The Morgan fingerprint density at radius 1 is 0.911 bits per heavy atom. The second-order valence-corrected chi connectivity index (χ2v) is 12.1. The zero-order valence-electron chi connectivity index (χ0n) is 27.2. The molecular formula is C38H49FO6. The molecule has 0 radical (unpaired) electrons. The van der Waals surface area contributed by atoms with Crippen molar-refractivity contribution in [2.45, 2.75) is 116 Å². The first kappa shape index (κ1) is 35.7. The van der Waals surface area contributed by atoms with Crippen molar-refractivity contribution in [1.82, 2.24) is 0 Å². The van der Waals surface area contributed by atoms with Crippen LogP contribution >= 0.6 is 0 Å². The van der Waals surface area contributed by atoms with Crippen LogP contribution in [0.2, 0.25) is 0 Å². The molecule has 0 saturated heterocycles. The summed E-state index contributed by atoms with van der Waals surface area (Å²) >= 11 is 0. The molecule has 0 heterocycles. The topological polar surface area (TPSA) is 89.9 Å². The largest absolute Gasteiger partial charge is 0.480 e. The Hall–Kier alpha value is -3.74. The van der Waals surface area contributed by atoms with Crippen LogP contribution in [0.25, 0.3) is 0 Å². The number of aliphatic carboxylic acids is 1. The lowest BCUT2D eigenvalue weighted by Gasteiger charge is -2.31. The van der Waals surface area contributed by atoms with Gasteiger partial charge in [0, 0.05) is 12.3 Å². The molecule has 6 nitrogen and oxygen atoms in total. The van der Waals surface area contributed by atoms with Gasteiger partial charge in [-0.05, 0) is 61.1 Å². The fourth-order valence-electron chi connectivity index (χ4n) is 5.94. The first-order valence-corrected chi connectivity index (χ1v) is 16.6. The van der Waals surface area contributed by atoms with Crippen molar-refractivity contribution in [1.29, 1.82) is 0 Å². The molecule has 0 aromatic heterocycles. The molecule has 0 spiro atoms. The second kappa shape index (κ2) is 17.7. The Kier molecular flexibility index (Phi) is 14.0. The van der Waals surface area contributed by atoms with Crippen molar-refractivity contribution in [3.63, 3.8) is 0 Å². The van der Waals surface area contributed by atoms with Crippen molar-refractivity contribution < 1.29 is 33.4 Å². The van der Waals surface area contributed by atoms with E-state index in [2.05, 4.69) is 20.8 Å². The Balaban J connectivity index is 1.70. The van der Waals surface area contributed by atoms with Gasteiger partial charge in [-0.25, -0.2) is 9.18 Å². The van der Waals surface area contributed by atoms with E-state index < -0.39 is 29.1 Å². The van der Waals surface area contributed by atoms with Crippen LogP contribution in [0, 0.1) is 5.92 Å². The van der Waals surface area contributed by atoms with Gasteiger partial charge in [0.15, 0.2) is 5.41 Å². The van der Waals surface area contributed by atoms with E-state index in [0.29, 0.717) is 30.1 Å². The molecule has 0 saturated carbocycles. The highest BCUT2D eigenvalue weighted by atomic mass is 19.1. The molecule has 3 atom stereocenters. The highest BCUT2D eigenvalue weighted by molar-refractivity contribution is 5.97. The van der Waals surface area contributed by atoms with Crippen molar-refractivity contribution in [3.8, 4) is 5.75 Å². The maximum Gasteiger partial charge on any atom is 0.338 e. The highest BCUT2D eigenvalue weighted by Crippen LogP contribution is 2.43. The minimum Gasteiger partial charge on any atom is -0.480 e. The molecular weight excluding hydrogens is 571 g/mol. The van der Waals surface area contributed by atoms with Gasteiger partial charge in [0.05, 0.1) is 11.7 Å². The van der Waals surface area contributed by atoms with Crippen LogP contribution in [-0.4, -0.2) is 29.1 Å². The summed E-state index contributed by atoms with van der Waals surface area (Å²) < 4.78 is 27.2. The molecule has 3 rings (SSSR count). The lowest BCUT2D eigenvalue weighted by molar-refractivity contribution is -0.141. The summed E-state index contributed by atoms with van der Waals surface area (Å²) in [5, 5.41) is 10.4. The molecule has 1 N–H and O–H groups in total. The van der Waals surface area contributed by atoms with Crippen LogP contribution in [0.15, 0.2) is 72.6 Å². The number of esters is 2. The average molecular weight is 621 g/mol. The van der Waals surface area contributed by atoms with Crippen molar-refractivity contribution in [2.24, 2.45) is 5.92 Å². The number of halogens is 1. The average Bonchev–Trinajstić information content (AvgIpc) is 3.03. The number of carbonyl (C=O) groups is 3. The number of ether oxygens (including phenoxy) is 2. The number of hydrogen-bond acceptors (Lipinski definition) is 5. The Morgan fingerprint density at radius 2 is 1.56 bits per heavy atom. The zero-order valence-corrected chi connectivity index (χ0v) is 27.2. The third kappa shape index (κ3) is 9.62. The van der Waals surface area contributed by atoms with Crippen molar-refractivity contribution >= 4 is 17.9 Å². The molecule has 3 unspecified atom stereocenters. The van der Waals surface area contributed by atoms with Gasteiger partial charge in [0.2, 0.25) is 0 Å². The van der Waals surface area contributed by atoms with E-state index in [0.717, 1.165) is 32.1 Å². The molecule has 0 fully saturated rings. The molecule has 244 valence electrons. The van der Waals surface area contributed by atoms with Crippen molar-refractivity contribution in [2.75, 3.05) is 0 Å². The van der Waals surface area contributed by atoms with E-state index in [1.54, 1.807) is 42.5 Å². The number of carboxylic acids is 1. The minimum atomic E-state index is -2.17. The number of rotatable bonds is 18. The van der Waals surface area contributed by atoms with E-state index >= 15 is 4.39 Å². The summed E-state index contributed by atoms with van der Waals surface area (Å²) in [6, 6.07) is 12.9. The van der Waals surface area contributed by atoms with E-state index in [4.69, 9.17) is 9.47 Å². The monoisotopic (exact) mass is 620 g/mol.